The Morgan fingerprint density at radius 1 is 1.00 bits per heavy atom. The Labute approximate surface area is 81.3 Å². The van der Waals surface area contributed by atoms with Crippen molar-refractivity contribution < 1.29 is 4.42 Å². The van der Waals surface area contributed by atoms with Crippen LogP contribution in [0.1, 0.15) is 0 Å². The van der Waals surface area contributed by atoms with Gasteiger partial charge in [0.25, 0.3) is 0 Å². The average Bonchev–Trinajstić information content (AvgIpc) is 2.33. The number of para-hydroxylation sites is 1. The molecule has 2 heteroatoms. The first-order valence-electron chi connectivity index (χ1n) is 2.89. The van der Waals surface area contributed by atoms with Gasteiger partial charge < -0.3 is 4.42 Å². The number of rotatable bonds is 0. The summed E-state index contributed by atoms with van der Waals surface area (Å²) in [5.41, 5.74) is 0.956. The van der Waals surface area contributed by atoms with Crippen molar-refractivity contribution in [3.63, 3.8) is 0 Å². The molecular formula is C8H7NaO. The normalized spacial score (nSPS) is 9.20. The molecule has 1 aromatic heterocycles. The first-order chi connectivity index (χ1) is 4.47. The minimum Gasteiger partial charge on any atom is -0.464 e. The van der Waals surface area contributed by atoms with Crippen molar-refractivity contribution in [1.82, 2.24) is 0 Å². The van der Waals surface area contributed by atoms with Gasteiger partial charge in [0.15, 0.2) is 0 Å². The Bertz CT molecular complexity index is 283. The molecule has 0 atom stereocenters. The van der Waals surface area contributed by atoms with Crippen molar-refractivity contribution in [3.8, 4) is 0 Å². The fraction of sp³-hybridized carbons (Fsp3) is 0. The predicted molar refractivity (Wildman–Crippen MR) is 43.4 cm³/mol. The molecule has 0 unspecified atom stereocenters. The molecule has 1 aromatic carbocycles. The number of hydrogen-bond donors (Lipinski definition) is 0. The first kappa shape index (κ1) is 7.86. The second-order valence-corrected chi connectivity index (χ2v) is 1.96. The molecule has 0 aliphatic heterocycles. The zero-order chi connectivity index (χ0) is 6.10. The molecule has 0 saturated heterocycles. The Morgan fingerprint density at radius 2 is 1.80 bits per heavy atom. The van der Waals surface area contributed by atoms with Gasteiger partial charge >= 0.3 is 29.6 Å². The standard InChI is InChI=1S/C8H6O.Na.H/c1-2-4-8-7(3-1)5-6-9-8;;/h1-6H;;. The molecule has 0 aliphatic carbocycles. The van der Waals surface area contributed by atoms with Gasteiger partial charge in [0, 0.05) is 5.39 Å². The van der Waals surface area contributed by atoms with Crippen LogP contribution in [0.4, 0.5) is 0 Å². The van der Waals surface area contributed by atoms with Gasteiger partial charge in [-0.15, -0.1) is 0 Å². The van der Waals surface area contributed by atoms with Crippen LogP contribution in [-0.4, -0.2) is 29.6 Å². The molecule has 2 aromatic rings. The summed E-state index contributed by atoms with van der Waals surface area (Å²) in [6, 6.07) is 9.90. The molecule has 0 bridgehead atoms. The van der Waals surface area contributed by atoms with Crippen LogP contribution in [-0.2, 0) is 0 Å². The fourth-order valence-corrected chi connectivity index (χ4v) is 0.906. The fourth-order valence-electron chi connectivity index (χ4n) is 0.906. The minimum atomic E-state index is 0. The van der Waals surface area contributed by atoms with E-state index in [4.69, 9.17) is 4.42 Å². The van der Waals surface area contributed by atoms with Crippen molar-refractivity contribution in [2.75, 3.05) is 0 Å². The largest absolute Gasteiger partial charge is 0.464 e. The Morgan fingerprint density at radius 3 is 2.60 bits per heavy atom. The van der Waals surface area contributed by atoms with Gasteiger partial charge in [-0.3, -0.25) is 0 Å². The molecule has 0 spiro atoms. The predicted octanol–water partition coefficient (Wildman–Crippen LogP) is 1.78. The Balaban J connectivity index is 0.000000500. The second kappa shape index (κ2) is 3.24. The van der Waals surface area contributed by atoms with E-state index in [1.165, 1.54) is 0 Å². The quantitative estimate of drug-likeness (QED) is 0.511. The molecule has 1 heterocycles. The third-order valence-electron chi connectivity index (χ3n) is 1.36. The smallest absolute Gasteiger partial charge is 0.133 e. The van der Waals surface area contributed by atoms with Gasteiger partial charge in [-0.1, -0.05) is 18.2 Å². The topological polar surface area (TPSA) is 13.1 Å². The van der Waals surface area contributed by atoms with Gasteiger partial charge in [0.05, 0.1) is 6.26 Å². The van der Waals surface area contributed by atoms with Crippen molar-refractivity contribution >= 4 is 40.5 Å². The minimum absolute atomic E-state index is 0. The number of furan rings is 1. The molecule has 10 heavy (non-hydrogen) atoms. The summed E-state index contributed by atoms with van der Waals surface area (Å²) >= 11 is 0. The molecular weight excluding hydrogens is 135 g/mol. The van der Waals surface area contributed by atoms with Crippen molar-refractivity contribution in [1.29, 1.82) is 0 Å². The monoisotopic (exact) mass is 142 g/mol. The van der Waals surface area contributed by atoms with Crippen LogP contribution in [0.3, 0.4) is 0 Å². The van der Waals surface area contributed by atoms with E-state index in [2.05, 4.69) is 0 Å². The molecule has 46 valence electrons. The molecule has 2 rings (SSSR count). The summed E-state index contributed by atoms with van der Waals surface area (Å²) in [6.45, 7) is 0. The maximum atomic E-state index is 5.12. The summed E-state index contributed by atoms with van der Waals surface area (Å²) in [5, 5.41) is 1.16. The molecule has 0 amide bonds. The summed E-state index contributed by atoms with van der Waals surface area (Å²) in [6.07, 6.45) is 1.70. The molecule has 0 fully saturated rings. The van der Waals surface area contributed by atoms with Gasteiger partial charge in [-0.2, -0.15) is 0 Å². The average molecular weight is 142 g/mol. The molecule has 1 nitrogen and oxygen atoms in total. The third kappa shape index (κ3) is 1.26. The van der Waals surface area contributed by atoms with E-state index < -0.39 is 0 Å². The van der Waals surface area contributed by atoms with Crippen molar-refractivity contribution in [3.05, 3.63) is 36.6 Å². The second-order valence-electron chi connectivity index (χ2n) is 1.96. The van der Waals surface area contributed by atoms with Gasteiger partial charge in [0.1, 0.15) is 5.58 Å². The van der Waals surface area contributed by atoms with Crippen LogP contribution in [0.2, 0.25) is 0 Å². The number of fused-ring (bicyclic) bond motifs is 1. The van der Waals surface area contributed by atoms with Crippen LogP contribution in [0.5, 0.6) is 0 Å². The molecule has 0 N–H and O–H groups in total. The summed E-state index contributed by atoms with van der Waals surface area (Å²) in [4.78, 5) is 0. The summed E-state index contributed by atoms with van der Waals surface area (Å²) < 4.78 is 5.12. The molecule has 0 saturated carbocycles. The van der Waals surface area contributed by atoms with E-state index in [1.807, 2.05) is 30.3 Å². The zero-order valence-corrected chi connectivity index (χ0v) is 4.87. The van der Waals surface area contributed by atoms with E-state index in [-0.39, 0.29) is 29.6 Å². The van der Waals surface area contributed by atoms with E-state index in [0.29, 0.717) is 0 Å². The molecule has 0 aliphatic rings. The van der Waals surface area contributed by atoms with E-state index in [1.54, 1.807) is 6.26 Å². The van der Waals surface area contributed by atoms with Crippen LogP contribution < -0.4 is 0 Å². The molecule has 0 radical (unpaired) electrons. The van der Waals surface area contributed by atoms with Crippen LogP contribution >= 0.6 is 0 Å². The number of benzene rings is 1. The van der Waals surface area contributed by atoms with Crippen molar-refractivity contribution in [2.24, 2.45) is 0 Å². The zero-order valence-electron chi connectivity index (χ0n) is 4.87. The summed E-state index contributed by atoms with van der Waals surface area (Å²) in [7, 11) is 0. The van der Waals surface area contributed by atoms with E-state index >= 15 is 0 Å². The van der Waals surface area contributed by atoms with Crippen LogP contribution in [0.15, 0.2) is 41.0 Å². The van der Waals surface area contributed by atoms with Gasteiger partial charge in [-0.05, 0) is 12.1 Å². The maximum absolute atomic E-state index is 5.12. The third-order valence-corrected chi connectivity index (χ3v) is 1.36. The Hall–Kier alpha value is -0.240. The maximum Gasteiger partial charge on any atom is 0.133 e. The first-order valence-corrected chi connectivity index (χ1v) is 2.89. The summed E-state index contributed by atoms with van der Waals surface area (Å²) in [5.74, 6) is 0. The van der Waals surface area contributed by atoms with E-state index in [9.17, 15) is 0 Å². The van der Waals surface area contributed by atoms with Gasteiger partial charge in [-0.25, -0.2) is 0 Å². The Kier molecular flexibility index (Phi) is 2.55. The van der Waals surface area contributed by atoms with Gasteiger partial charge in [0.2, 0.25) is 0 Å². The van der Waals surface area contributed by atoms with E-state index in [0.717, 1.165) is 11.0 Å². The number of hydrogen-bond acceptors (Lipinski definition) is 1. The van der Waals surface area contributed by atoms with Crippen molar-refractivity contribution in [2.45, 2.75) is 0 Å². The SMILES string of the molecule is [NaH].c1ccc2occc2c1. The van der Waals surface area contributed by atoms with Crippen LogP contribution in [0.25, 0.3) is 11.0 Å². The van der Waals surface area contributed by atoms with Crippen LogP contribution in [0, 0.1) is 0 Å².